The molecule has 4 rings (SSSR count). The maximum Gasteiger partial charge on any atom is 0.219 e. The van der Waals surface area contributed by atoms with E-state index in [1.165, 1.54) is 15.4 Å². The molecule has 0 aliphatic carbocycles. The van der Waals surface area contributed by atoms with Gasteiger partial charge in [-0.25, -0.2) is 4.98 Å². The first-order valence-corrected chi connectivity index (χ1v) is 12.2. The quantitative estimate of drug-likeness (QED) is 0.481. The summed E-state index contributed by atoms with van der Waals surface area (Å²) in [5.74, 6) is 0.179. The molecule has 1 N–H and O–H groups in total. The van der Waals surface area contributed by atoms with Crippen LogP contribution in [0.3, 0.4) is 0 Å². The molecule has 31 heavy (non-hydrogen) atoms. The van der Waals surface area contributed by atoms with Gasteiger partial charge < -0.3 is 10.2 Å². The molecule has 0 atom stereocenters. The summed E-state index contributed by atoms with van der Waals surface area (Å²) in [5.41, 5.74) is 2.40. The molecule has 1 aliphatic rings. The number of hydrogen-bond acceptors (Lipinski definition) is 5. The summed E-state index contributed by atoms with van der Waals surface area (Å²) in [5, 5.41) is 4.26. The number of aromatic nitrogens is 1. The van der Waals surface area contributed by atoms with Crippen molar-refractivity contribution < 1.29 is 4.79 Å². The SMILES string of the molecule is O=C(CCCCc1nc2ccccc2s1)NCCCN1CCN(c2ccccc2)CC1. The highest BCUT2D eigenvalue weighted by molar-refractivity contribution is 7.18. The van der Waals surface area contributed by atoms with Crippen LogP contribution in [-0.2, 0) is 11.2 Å². The minimum absolute atomic E-state index is 0.179. The van der Waals surface area contributed by atoms with Crippen molar-refractivity contribution in [1.29, 1.82) is 0 Å². The molecule has 0 bridgehead atoms. The van der Waals surface area contributed by atoms with Gasteiger partial charge in [0.05, 0.1) is 15.2 Å². The molecule has 2 heterocycles. The van der Waals surface area contributed by atoms with Crippen LogP contribution in [0.25, 0.3) is 10.2 Å². The Labute approximate surface area is 189 Å². The van der Waals surface area contributed by atoms with Gasteiger partial charge in [0.1, 0.15) is 0 Å². The number of thiazole rings is 1. The lowest BCUT2D eigenvalue weighted by atomic mass is 10.2. The number of para-hydroxylation sites is 2. The van der Waals surface area contributed by atoms with Gasteiger partial charge in [0.25, 0.3) is 0 Å². The van der Waals surface area contributed by atoms with Crippen molar-refractivity contribution in [2.45, 2.75) is 32.1 Å². The van der Waals surface area contributed by atoms with E-state index in [4.69, 9.17) is 0 Å². The lowest BCUT2D eigenvalue weighted by Gasteiger charge is -2.36. The zero-order valence-electron chi connectivity index (χ0n) is 18.1. The fourth-order valence-electron chi connectivity index (χ4n) is 4.08. The van der Waals surface area contributed by atoms with E-state index in [-0.39, 0.29) is 5.91 Å². The molecule has 164 valence electrons. The number of unbranched alkanes of at least 4 members (excludes halogenated alkanes) is 1. The van der Waals surface area contributed by atoms with Gasteiger partial charge in [-0.2, -0.15) is 0 Å². The Bertz CT molecular complexity index is 917. The molecule has 6 heteroatoms. The molecule has 1 saturated heterocycles. The van der Waals surface area contributed by atoms with E-state index in [1.54, 1.807) is 11.3 Å². The summed E-state index contributed by atoms with van der Waals surface area (Å²) in [4.78, 5) is 21.7. The number of piperazine rings is 1. The summed E-state index contributed by atoms with van der Waals surface area (Å²) in [7, 11) is 0. The topological polar surface area (TPSA) is 48.5 Å². The van der Waals surface area contributed by atoms with Gasteiger partial charge in [0.15, 0.2) is 0 Å². The Kier molecular flexibility index (Phi) is 7.91. The Morgan fingerprint density at radius 3 is 2.52 bits per heavy atom. The van der Waals surface area contributed by atoms with Crippen molar-refractivity contribution in [2.24, 2.45) is 0 Å². The number of amides is 1. The summed E-state index contributed by atoms with van der Waals surface area (Å²) in [6.07, 6.45) is 4.52. The van der Waals surface area contributed by atoms with Gasteiger partial charge >= 0.3 is 0 Å². The number of benzene rings is 2. The van der Waals surface area contributed by atoms with Crippen LogP contribution in [0, 0.1) is 0 Å². The molecule has 0 radical (unpaired) electrons. The molecule has 1 aliphatic heterocycles. The van der Waals surface area contributed by atoms with Crippen molar-refractivity contribution in [2.75, 3.05) is 44.2 Å². The van der Waals surface area contributed by atoms with Crippen LogP contribution in [0.2, 0.25) is 0 Å². The molecule has 0 saturated carbocycles. The highest BCUT2D eigenvalue weighted by atomic mass is 32.1. The van der Waals surface area contributed by atoms with Gasteiger partial charge in [0, 0.05) is 44.8 Å². The van der Waals surface area contributed by atoms with E-state index < -0.39 is 0 Å². The lowest BCUT2D eigenvalue weighted by molar-refractivity contribution is -0.121. The van der Waals surface area contributed by atoms with E-state index in [2.05, 4.69) is 68.6 Å². The van der Waals surface area contributed by atoms with Crippen molar-refractivity contribution in [3.63, 3.8) is 0 Å². The van der Waals surface area contributed by atoms with E-state index in [1.807, 2.05) is 6.07 Å². The monoisotopic (exact) mass is 436 g/mol. The second-order valence-corrected chi connectivity index (χ2v) is 9.27. The number of fused-ring (bicyclic) bond motifs is 1. The number of rotatable bonds is 10. The van der Waals surface area contributed by atoms with Gasteiger partial charge in [-0.3, -0.25) is 9.69 Å². The highest BCUT2D eigenvalue weighted by Gasteiger charge is 2.16. The third-order valence-electron chi connectivity index (χ3n) is 5.85. The van der Waals surface area contributed by atoms with Crippen LogP contribution in [-0.4, -0.2) is 55.1 Å². The molecule has 1 fully saturated rings. The van der Waals surface area contributed by atoms with Crippen LogP contribution >= 0.6 is 11.3 Å². The predicted molar refractivity (Wildman–Crippen MR) is 130 cm³/mol. The maximum atomic E-state index is 12.1. The van der Waals surface area contributed by atoms with Gasteiger partial charge in [-0.15, -0.1) is 11.3 Å². The zero-order valence-corrected chi connectivity index (χ0v) is 18.9. The molecular formula is C25H32N4OS. The molecule has 3 aromatic rings. The Morgan fingerprint density at radius 2 is 1.71 bits per heavy atom. The van der Waals surface area contributed by atoms with Crippen LogP contribution in [0.15, 0.2) is 54.6 Å². The third-order valence-corrected chi connectivity index (χ3v) is 6.95. The fourth-order valence-corrected chi connectivity index (χ4v) is 5.09. The number of hydrogen-bond donors (Lipinski definition) is 1. The van der Waals surface area contributed by atoms with E-state index in [0.717, 1.165) is 70.5 Å². The number of anilines is 1. The first-order valence-electron chi connectivity index (χ1n) is 11.4. The van der Waals surface area contributed by atoms with Crippen molar-refractivity contribution in [1.82, 2.24) is 15.2 Å². The van der Waals surface area contributed by atoms with Crippen LogP contribution in [0.4, 0.5) is 5.69 Å². The summed E-state index contributed by atoms with van der Waals surface area (Å²) >= 11 is 1.77. The molecule has 0 spiro atoms. The first-order chi connectivity index (χ1) is 15.3. The van der Waals surface area contributed by atoms with E-state index >= 15 is 0 Å². The largest absolute Gasteiger partial charge is 0.369 e. The lowest BCUT2D eigenvalue weighted by Crippen LogP contribution is -2.47. The highest BCUT2D eigenvalue weighted by Crippen LogP contribution is 2.22. The fraction of sp³-hybridized carbons (Fsp3) is 0.440. The van der Waals surface area contributed by atoms with Crippen molar-refractivity contribution in [3.8, 4) is 0 Å². The van der Waals surface area contributed by atoms with E-state index in [0.29, 0.717) is 6.42 Å². The normalized spacial score (nSPS) is 14.8. The van der Waals surface area contributed by atoms with Gasteiger partial charge in [0.2, 0.25) is 5.91 Å². The van der Waals surface area contributed by atoms with Crippen LogP contribution < -0.4 is 10.2 Å². The number of carbonyl (C=O) groups is 1. The van der Waals surface area contributed by atoms with Crippen LogP contribution in [0.1, 0.15) is 30.7 Å². The summed E-state index contributed by atoms with van der Waals surface area (Å²) in [6, 6.07) is 18.9. The van der Waals surface area contributed by atoms with Gasteiger partial charge in [-0.1, -0.05) is 30.3 Å². The second-order valence-electron chi connectivity index (χ2n) is 8.15. The predicted octanol–water partition coefficient (Wildman–Crippen LogP) is 4.34. The minimum Gasteiger partial charge on any atom is -0.369 e. The van der Waals surface area contributed by atoms with E-state index in [9.17, 15) is 4.79 Å². The van der Waals surface area contributed by atoms with Crippen LogP contribution in [0.5, 0.6) is 0 Å². The molecule has 1 amide bonds. The Morgan fingerprint density at radius 1 is 0.935 bits per heavy atom. The third kappa shape index (κ3) is 6.52. The van der Waals surface area contributed by atoms with Crippen molar-refractivity contribution >= 4 is 33.1 Å². The number of carbonyl (C=O) groups excluding carboxylic acids is 1. The minimum atomic E-state index is 0.179. The maximum absolute atomic E-state index is 12.1. The summed E-state index contributed by atoms with van der Waals surface area (Å²) in [6.45, 7) is 6.16. The second kappa shape index (κ2) is 11.3. The summed E-state index contributed by atoms with van der Waals surface area (Å²) < 4.78 is 1.25. The number of nitrogens with zero attached hydrogens (tertiary/aromatic N) is 3. The molecule has 1 aromatic heterocycles. The number of nitrogens with one attached hydrogen (secondary N) is 1. The molecule has 2 aromatic carbocycles. The average molecular weight is 437 g/mol. The average Bonchev–Trinajstić information content (AvgIpc) is 3.23. The molecule has 5 nitrogen and oxygen atoms in total. The Balaban J connectivity index is 1.04. The van der Waals surface area contributed by atoms with Crippen molar-refractivity contribution in [3.05, 3.63) is 59.6 Å². The first kappa shape index (κ1) is 21.8. The smallest absolute Gasteiger partial charge is 0.219 e. The number of aryl methyl sites for hydroxylation is 1. The van der Waals surface area contributed by atoms with Gasteiger partial charge in [-0.05, 0) is 56.5 Å². The standard InChI is InChI=1S/C25H32N4OS/c30-24(13-6-7-14-25-27-22-11-4-5-12-23(22)31-25)26-15-8-16-28-17-19-29(20-18-28)21-9-2-1-3-10-21/h1-5,9-12H,6-8,13-20H2,(H,26,30). The Hall–Kier alpha value is -2.44. The molecular weight excluding hydrogens is 404 g/mol. The molecule has 0 unspecified atom stereocenters. The zero-order chi connectivity index (χ0) is 21.3.